The Morgan fingerprint density at radius 1 is 1.00 bits per heavy atom. The van der Waals surface area contributed by atoms with Gasteiger partial charge in [0.05, 0.1) is 12.6 Å². The molecule has 10 heteroatoms. The smallest absolute Gasteiger partial charge is 0.252 e. The molecule has 3 heterocycles. The number of carbonyl (C=O) groups excluding carboxylic acids is 4. The van der Waals surface area contributed by atoms with Gasteiger partial charge in [0.15, 0.2) is 5.78 Å². The molecule has 1 aromatic rings. The lowest BCUT2D eigenvalue weighted by Gasteiger charge is -2.34. The summed E-state index contributed by atoms with van der Waals surface area (Å²) in [4.78, 5) is 59.7. The third-order valence-electron chi connectivity index (χ3n) is 8.57. The first-order valence-corrected chi connectivity index (χ1v) is 14.6. The van der Waals surface area contributed by atoms with Crippen molar-refractivity contribution in [2.75, 3.05) is 64.9 Å². The van der Waals surface area contributed by atoms with Crippen LogP contribution in [-0.2, 0) is 19.1 Å². The van der Waals surface area contributed by atoms with Crippen molar-refractivity contribution in [3.63, 3.8) is 0 Å². The quantitative estimate of drug-likeness (QED) is 0.468. The SMILES string of the molecule is COC(C(=O)N1CC(=O)C2C1CCN2C(=O)CC(C)CCNC(=O)c1ccc(N2CCN(C)CC2)cc1)C(C)C. The summed E-state index contributed by atoms with van der Waals surface area (Å²) in [7, 11) is 3.64. The Balaban J connectivity index is 1.22. The van der Waals surface area contributed by atoms with Crippen LogP contribution in [0.25, 0.3) is 0 Å². The van der Waals surface area contributed by atoms with Crippen LogP contribution in [0.2, 0.25) is 0 Å². The van der Waals surface area contributed by atoms with Gasteiger partial charge in [0.25, 0.3) is 11.8 Å². The van der Waals surface area contributed by atoms with E-state index in [0.29, 0.717) is 37.9 Å². The lowest BCUT2D eigenvalue weighted by molar-refractivity contribution is -0.146. The molecule has 0 bridgehead atoms. The standard InChI is InChI=1S/C30H45N5O5/c1-20(2)28(40-5)30(39)35-19-25(36)27-24(35)11-13-34(27)26(37)18-21(3)10-12-31-29(38)22-6-8-23(9-7-22)33-16-14-32(4)15-17-33/h6-9,20-21,24,27-28H,10-19H2,1-5H3,(H,31,38). The Kier molecular flexibility index (Phi) is 9.84. The van der Waals surface area contributed by atoms with E-state index in [0.717, 1.165) is 31.9 Å². The molecule has 0 aromatic heterocycles. The number of carbonyl (C=O) groups is 4. The summed E-state index contributed by atoms with van der Waals surface area (Å²) < 4.78 is 5.40. The van der Waals surface area contributed by atoms with Crippen molar-refractivity contribution in [1.82, 2.24) is 20.0 Å². The fourth-order valence-corrected chi connectivity index (χ4v) is 6.15. The average molecular weight is 556 g/mol. The minimum atomic E-state index is -0.596. The van der Waals surface area contributed by atoms with Crippen LogP contribution in [0.5, 0.6) is 0 Å². The second-order valence-electron chi connectivity index (χ2n) is 11.9. The van der Waals surface area contributed by atoms with Crippen molar-refractivity contribution in [2.24, 2.45) is 11.8 Å². The number of Topliss-reactive ketones (excluding diaryl/α,β-unsaturated/α-hetero) is 1. The van der Waals surface area contributed by atoms with E-state index in [4.69, 9.17) is 4.74 Å². The molecular weight excluding hydrogens is 510 g/mol. The average Bonchev–Trinajstić information content (AvgIpc) is 3.50. The number of benzene rings is 1. The van der Waals surface area contributed by atoms with Crippen LogP contribution in [0.1, 0.15) is 50.4 Å². The number of ketones is 1. The molecule has 0 saturated carbocycles. The summed E-state index contributed by atoms with van der Waals surface area (Å²) in [6, 6.07) is 6.88. The lowest BCUT2D eigenvalue weighted by atomic mass is 10.0. The summed E-state index contributed by atoms with van der Waals surface area (Å²) in [5.41, 5.74) is 1.75. The van der Waals surface area contributed by atoms with E-state index in [2.05, 4.69) is 22.2 Å². The number of fused-ring (bicyclic) bond motifs is 1. The van der Waals surface area contributed by atoms with Crippen LogP contribution in [0.3, 0.4) is 0 Å². The largest absolute Gasteiger partial charge is 0.371 e. The molecule has 1 aromatic carbocycles. The zero-order valence-electron chi connectivity index (χ0n) is 24.6. The summed E-state index contributed by atoms with van der Waals surface area (Å²) in [6.07, 6.45) is 0.954. The number of hydrogen-bond donors (Lipinski definition) is 1. The Morgan fingerprint density at radius 2 is 1.68 bits per heavy atom. The van der Waals surface area contributed by atoms with E-state index in [9.17, 15) is 19.2 Å². The molecule has 4 rings (SSSR count). The highest BCUT2D eigenvalue weighted by Crippen LogP contribution is 2.32. The molecule has 3 aliphatic rings. The zero-order valence-corrected chi connectivity index (χ0v) is 24.6. The van der Waals surface area contributed by atoms with E-state index in [-0.39, 0.29) is 47.9 Å². The monoisotopic (exact) mass is 555 g/mol. The zero-order chi connectivity index (χ0) is 29.0. The Hall–Kier alpha value is -2.98. The molecule has 4 unspecified atom stereocenters. The van der Waals surface area contributed by atoms with Gasteiger partial charge < -0.3 is 29.7 Å². The van der Waals surface area contributed by atoms with Gasteiger partial charge in [0.1, 0.15) is 12.1 Å². The van der Waals surface area contributed by atoms with Gasteiger partial charge in [0, 0.05) is 64.0 Å². The molecule has 3 saturated heterocycles. The topological polar surface area (TPSA) is 102 Å². The van der Waals surface area contributed by atoms with Crippen LogP contribution in [0, 0.1) is 11.8 Å². The first kappa shape index (κ1) is 30.0. The van der Waals surface area contributed by atoms with Gasteiger partial charge in [-0.3, -0.25) is 19.2 Å². The second kappa shape index (κ2) is 13.1. The molecule has 4 atom stereocenters. The number of amides is 3. The van der Waals surface area contributed by atoms with E-state index in [1.807, 2.05) is 45.0 Å². The molecule has 220 valence electrons. The summed E-state index contributed by atoms with van der Waals surface area (Å²) in [5, 5.41) is 2.97. The number of likely N-dealkylation sites (tertiary alicyclic amines) is 2. The van der Waals surface area contributed by atoms with Crippen molar-refractivity contribution in [3.8, 4) is 0 Å². The number of nitrogens with zero attached hydrogens (tertiary/aromatic N) is 4. The van der Waals surface area contributed by atoms with E-state index >= 15 is 0 Å². The third-order valence-corrected chi connectivity index (χ3v) is 8.57. The molecule has 10 nitrogen and oxygen atoms in total. The minimum Gasteiger partial charge on any atom is -0.371 e. The molecule has 3 fully saturated rings. The van der Waals surface area contributed by atoms with Crippen molar-refractivity contribution >= 4 is 29.2 Å². The highest BCUT2D eigenvalue weighted by atomic mass is 16.5. The molecule has 0 aliphatic carbocycles. The fraction of sp³-hybridized carbons (Fsp3) is 0.667. The van der Waals surface area contributed by atoms with Gasteiger partial charge >= 0.3 is 0 Å². The predicted molar refractivity (Wildman–Crippen MR) is 153 cm³/mol. The van der Waals surface area contributed by atoms with Crippen LogP contribution < -0.4 is 10.2 Å². The number of nitrogens with one attached hydrogen (secondary N) is 1. The van der Waals surface area contributed by atoms with Crippen molar-refractivity contribution in [2.45, 2.75) is 58.2 Å². The highest BCUT2D eigenvalue weighted by molar-refractivity contribution is 5.98. The van der Waals surface area contributed by atoms with E-state index in [1.165, 1.54) is 7.11 Å². The number of rotatable bonds is 10. The lowest BCUT2D eigenvalue weighted by Crippen LogP contribution is -2.47. The number of hydrogen-bond acceptors (Lipinski definition) is 7. The maximum atomic E-state index is 13.2. The third kappa shape index (κ3) is 6.66. The first-order chi connectivity index (χ1) is 19.1. The molecule has 1 N–H and O–H groups in total. The second-order valence-corrected chi connectivity index (χ2v) is 11.9. The number of ether oxygens (including phenoxy) is 1. The van der Waals surface area contributed by atoms with Gasteiger partial charge in [-0.15, -0.1) is 0 Å². The first-order valence-electron chi connectivity index (χ1n) is 14.6. The summed E-state index contributed by atoms with van der Waals surface area (Å²) in [6.45, 7) is 10.8. The molecule has 40 heavy (non-hydrogen) atoms. The molecule has 3 aliphatic heterocycles. The van der Waals surface area contributed by atoms with Gasteiger partial charge in [0.2, 0.25) is 5.91 Å². The minimum absolute atomic E-state index is 0.00595. The normalized spacial score (nSPS) is 22.9. The summed E-state index contributed by atoms with van der Waals surface area (Å²) in [5.74, 6) is -0.413. The number of anilines is 1. The van der Waals surface area contributed by atoms with Crippen LogP contribution in [0.4, 0.5) is 5.69 Å². The number of piperazine rings is 1. The Bertz CT molecular complexity index is 1070. The van der Waals surface area contributed by atoms with Gasteiger partial charge in [-0.2, -0.15) is 0 Å². The maximum Gasteiger partial charge on any atom is 0.252 e. The Morgan fingerprint density at radius 3 is 2.30 bits per heavy atom. The molecule has 3 amide bonds. The van der Waals surface area contributed by atoms with Crippen LogP contribution >= 0.6 is 0 Å². The highest BCUT2D eigenvalue weighted by Gasteiger charge is 2.52. The van der Waals surface area contributed by atoms with Gasteiger partial charge in [-0.25, -0.2) is 0 Å². The molecular formula is C30H45N5O5. The van der Waals surface area contributed by atoms with Crippen LogP contribution in [-0.4, -0.2) is 116 Å². The maximum absolute atomic E-state index is 13.2. The van der Waals surface area contributed by atoms with Crippen molar-refractivity contribution in [1.29, 1.82) is 0 Å². The Labute approximate surface area is 238 Å². The predicted octanol–water partition coefficient (Wildman–Crippen LogP) is 1.64. The number of likely N-dealkylation sites (N-methyl/N-ethyl adjacent to an activating group) is 1. The van der Waals surface area contributed by atoms with Gasteiger partial charge in [-0.1, -0.05) is 20.8 Å². The summed E-state index contributed by atoms with van der Waals surface area (Å²) >= 11 is 0. The van der Waals surface area contributed by atoms with E-state index in [1.54, 1.807) is 9.80 Å². The fourth-order valence-electron chi connectivity index (χ4n) is 6.15. The molecule has 0 spiro atoms. The van der Waals surface area contributed by atoms with Crippen molar-refractivity contribution < 1.29 is 23.9 Å². The van der Waals surface area contributed by atoms with Gasteiger partial charge in [-0.05, 0) is 56.0 Å². The number of methoxy groups -OCH3 is 1. The van der Waals surface area contributed by atoms with E-state index < -0.39 is 12.1 Å². The van der Waals surface area contributed by atoms with Crippen LogP contribution in [0.15, 0.2) is 24.3 Å². The molecule has 0 radical (unpaired) electrons. The van der Waals surface area contributed by atoms with Crippen molar-refractivity contribution in [3.05, 3.63) is 29.8 Å².